The van der Waals surface area contributed by atoms with Crippen molar-refractivity contribution in [2.75, 3.05) is 5.33 Å². The lowest BCUT2D eigenvalue weighted by atomic mass is 10.1. The lowest BCUT2D eigenvalue weighted by molar-refractivity contribution is -0.697. The summed E-state index contributed by atoms with van der Waals surface area (Å²) in [6.45, 7) is 9.54. The molecule has 0 saturated heterocycles. The van der Waals surface area contributed by atoms with Crippen molar-refractivity contribution < 1.29 is 21.5 Å². The van der Waals surface area contributed by atoms with Crippen LogP contribution in [0.5, 0.6) is 0 Å². The van der Waals surface area contributed by atoms with Gasteiger partial charge in [-0.3, -0.25) is 4.98 Å². The second-order valence-corrected chi connectivity index (χ2v) is 10.8. The zero-order chi connectivity index (χ0) is 28.7. The van der Waals surface area contributed by atoms with Gasteiger partial charge < -0.3 is 17.0 Å². The predicted molar refractivity (Wildman–Crippen MR) is 175 cm³/mol. The molecule has 0 N–H and O–H groups in total. The number of halogens is 2. The lowest BCUT2D eigenvalue weighted by Crippen LogP contribution is -3.00. The monoisotopic (exact) mass is 674 g/mol. The molecule has 0 saturated carbocycles. The number of hydrogen-bond acceptors (Lipinski definition) is 1. The number of nitrogens with zero attached hydrogens (tertiary/aromatic N) is 2. The van der Waals surface area contributed by atoms with E-state index in [1.807, 2.05) is 25.3 Å². The number of unbranched alkanes of at least 4 members (excludes halogenated alkanes) is 12. The maximum absolute atomic E-state index is 3.88. The smallest absolute Gasteiger partial charge is 0.171 e. The Labute approximate surface area is 267 Å². The van der Waals surface area contributed by atoms with E-state index in [1.165, 1.54) is 88.2 Å². The molecule has 2 heterocycles. The number of aryl methyl sites for hydroxylation is 3. The minimum absolute atomic E-state index is 0. The van der Waals surface area contributed by atoms with Crippen molar-refractivity contribution in [3.05, 3.63) is 60.2 Å². The highest BCUT2D eigenvalue weighted by atomic mass is 79.9. The molecule has 2 rings (SSSR count). The summed E-state index contributed by atoms with van der Waals surface area (Å²) in [4.78, 5) is 3.88. The standard InChI is InChI=1S/C18H28N.C12H21Br.C6H7N.BrH/c1-3-4-5-6-7-8-9-10-11-12-15-19-16-13-14-18(2)17-19;1-2-3-4-5-6-7-8-9-10-11-12-13;1-6-3-2-4-7-5-6;/h13-14,16-17H,3,6-12,15H2,1-2H3;2,5-12H2,1H3;2-5H,1H3;1H/q+1;;;/p-1. The molecule has 4 heteroatoms. The third kappa shape index (κ3) is 30.9. The van der Waals surface area contributed by atoms with Crippen molar-refractivity contribution in [1.82, 2.24) is 4.98 Å². The van der Waals surface area contributed by atoms with Crippen molar-refractivity contribution in [3.8, 4) is 23.7 Å². The van der Waals surface area contributed by atoms with E-state index in [4.69, 9.17) is 0 Å². The summed E-state index contributed by atoms with van der Waals surface area (Å²) in [6.07, 6.45) is 28.3. The molecule has 40 heavy (non-hydrogen) atoms. The lowest BCUT2D eigenvalue weighted by Gasteiger charge is -2.00. The Morgan fingerprint density at radius 2 is 1.20 bits per heavy atom. The predicted octanol–water partition coefficient (Wildman–Crippen LogP) is 7.35. The zero-order valence-electron chi connectivity index (χ0n) is 26.0. The van der Waals surface area contributed by atoms with Crippen LogP contribution in [0, 0.1) is 37.5 Å². The molecule has 0 radical (unpaired) electrons. The second kappa shape index (κ2) is 33.6. The molecular weight excluding hydrogens is 620 g/mol. The summed E-state index contributed by atoms with van der Waals surface area (Å²) >= 11 is 3.44. The van der Waals surface area contributed by atoms with E-state index in [0.29, 0.717) is 0 Å². The Hall–Kier alpha value is -1.62. The highest BCUT2D eigenvalue weighted by molar-refractivity contribution is 9.09. The van der Waals surface area contributed by atoms with Gasteiger partial charge in [0.15, 0.2) is 12.4 Å². The Bertz CT molecular complexity index is 907. The van der Waals surface area contributed by atoms with Crippen molar-refractivity contribution in [2.24, 2.45) is 0 Å². The molecule has 0 amide bonds. The molecule has 224 valence electrons. The van der Waals surface area contributed by atoms with Crippen molar-refractivity contribution in [2.45, 2.75) is 137 Å². The van der Waals surface area contributed by atoms with Gasteiger partial charge in [0.1, 0.15) is 6.54 Å². The fourth-order valence-electron chi connectivity index (χ4n) is 3.90. The van der Waals surface area contributed by atoms with Gasteiger partial charge in [-0.15, -0.1) is 23.7 Å². The highest BCUT2D eigenvalue weighted by Gasteiger charge is 1.99. The van der Waals surface area contributed by atoms with E-state index >= 15 is 0 Å². The first-order valence-electron chi connectivity index (χ1n) is 15.4. The summed E-state index contributed by atoms with van der Waals surface area (Å²) in [7, 11) is 0. The molecule has 0 fully saturated rings. The third-order valence-corrected chi connectivity index (χ3v) is 6.63. The molecule has 2 nitrogen and oxygen atoms in total. The van der Waals surface area contributed by atoms with Crippen LogP contribution in [0.4, 0.5) is 0 Å². The van der Waals surface area contributed by atoms with E-state index in [9.17, 15) is 0 Å². The average Bonchev–Trinajstić information content (AvgIpc) is 2.94. The normalized spacial score (nSPS) is 9.32. The number of rotatable bonds is 15. The van der Waals surface area contributed by atoms with Crippen LogP contribution in [0.1, 0.15) is 128 Å². The summed E-state index contributed by atoms with van der Waals surface area (Å²) in [6, 6.07) is 8.23. The zero-order valence-corrected chi connectivity index (χ0v) is 29.2. The van der Waals surface area contributed by atoms with Crippen LogP contribution in [0.25, 0.3) is 0 Å². The molecule has 0 aliphatic carbocycles. The van der Waals surface area contributed by atoms with E-state index in [1.54, 1.807) is 6.20 Å². The van der Waals surface area contributed by atoms with Gasteiger partial charge in [-0.25, -0.2) is 4.57 Å². The van der Waals surface area contributed by atoms with Gasteiger partial charge in [0, 0.05) is 61.5 Å². The summed E-state index contributed by atoms with van der Waals surface area (Å²) in [5.74, 6) is 12.6. The SMILES string of the molecule is CCC#CCCCCCCCCBr.CCC#CCCCCCCCC[n+]1cccc(C)c1.Cc1cccnc1.[Br-]. The first-order valence-corrected chi connectivity index (χ1v) is 16.6. The van der Waals surface area contributed by atoms with Crippen LogP contribution in [0.3, 0.4) is 0 Å². The number of pyridine rings is 2. The Morgan fingerprint density at radius 3 is 1.65 bits per heavy atom. The molecule has 0 spiro atoms. The molecule has 0 aliphatic rings. The molecule has 0 aliphatic heterocycles. The van der Waals surface area contributed by atoms with Gasteiger partial charge in [0.05, 0.1) is 0 Å². The fourth-order valence-corrected chi connectivity index (χ4v) is 4.29. The molecule has 0 atom stereocenters. The van der Waals surface area contributed by atoms with Crippen molar-refractivity contribution >= 4 is 15.9 Å². The van der Waals surface area contributed by atoms with E-state index in [-0.39, 0.29) is 17.0 Å². The maximum Gasteiger partial charge on any atom is 0.171 e. The Kier molecular flexibility index (Phi) is 34.0. The van der Waals surface area contributed by atoms with Crippen LogP contribution in [-0.2, 0) is 6.54 Å². The van der Waals surface area contributed by atoms with Crippen LogP contribution in [-0.4, -0.2) is 10.3 Å². The number of aromatic nitrogens is 2. The summed E-state index contributed by atoms with van der Waals surface area (Å²) in [5.41, 5.74) is 2.55. The minimum atomic E-state index is 0. The first kappa shape index (κ1) is 40.5. The molecule has 2 aromatic heterocycles. The number of hydrogen-bond donors (Lipinski definition) is 0. The Balaban J connectivity index is 0. The second-order valence-electron chi connectivity index (χ2n) is 10.00. The first-order chi connectivity index (χ1) is 19.1. The van der Waals surface area contributed by atoms with Gasteiger partial charge in [0.25, 0.3) is 0 Å². The summed E-state index contributed by atoms with van der Waals surface area (Å²) in [5, 5.41) is 1.16. The number of alkyl halides is 1. The van der Waals surface area contributed by atoms with Crippen molar-refractivity contribution in [3.63, 3.8) is 0 Å². The van der Waals surface area contributed by atoms with Gasteiger partial charge >= 0.3 is 0 Å². The van der Waals surface area contributed by atoms with Gasteiger partial charge in [0.2, 0.25) is 0 Å². The van der Waals surface area contributed by atoms with Gasteiger partial charge in [-0.2, -0.15) is 0 Å². The molecule has 2 aromatic rings. The minimum Gasteiger partial charge on any atom is -1.00 e. The highest BCUT2D eigenvalue weighted by Crippen LogP contribution is 2.08. The van der Waals surface area contributed by atoms with Crippen LogP contribution in [0.15, 0.2) is 49.1 Å². The molecule has 0 bridgehead atoms. The van der Waals surface area contributed by atoms with Crippen molar-refractivity contribution in [1.29, 1.82) is 0 Å². The molecule has 0 aromatic carbocycles. The van der Waals surface area contributed by atoms with Gasteiger partial charge in [-0.05, 0) is 57.2 Å². The van der Waals surface area contributed by atoms with E-state index in [0.717, 1.165) is 37.6 Å². The van der Waals surface area contributed by atoms with Gasteiger partial charge in [-0.1, -0.05) is 80.8 Å². The third-order valence-electron chi connectivity index (χ3n) is 6.07. The molecule has 0 unspecified atom stereocenters. The van der Waals surface area contributed by atoms with Crippen LogP contribution >= 0.6 is 15.9 Å². The fraction of sp³-hybridized carbons (Fsp3) is 0.611. The van der Waals surface area contributed by atoms with Crippen LogP contribution < -0.4 is 21.5 Å². The summed E-state index contributed by atoms with van der Waals surface area (Å²) < 4.78 is 2.30. The average molecular weight is 677 g/mol. The molecular formula is C36H56Br2N2. The largest absolute Gasteiger partial charge is 1.00 e. The Morgan fingerprint density at radius 1 is 0.675 bits per heavy atom. The van der Waals surface area contributed by atoms with E-state index < -0.39 is 0 Å². The maximum atomic E-state index is 3.88. The topological polar surface area (TPSA) is 16.8 Å². The van der Waals surface area contributed by atoms with Crippen LogP contribution in [0.2, 0.25) is 0 Å². The quantitative estimate of drug-likeness (QED) is 0.0835. The van der Waals surface area contributed by atoms with E-state index in [2.05, 4.69) is 94.5 Å².